The molecule has 2 aromatic rings. The molecule has 0 spiro atoms. The van der Waals surface area contributed by atoms with Crippen LogP contribution in [0.2, 0.25) is 0 Å². The van der Waals surface area contributed by atoms with Gasteiger partial charge in [-0.1, -0.05) is 24.3 Å². The van der Waals surface area contributed by atoms with Gasteiger partial charge in [0.2, 0.25) is 0 Å². The van der Waals surface area contributed by atoms with Crippen molar-refractivity contribution in [2.24, 2.45) is 10.7 Å². The second-order valence-electron chi connectivity index (χ2n) is 8.52. The summed E-state index contributed by atoms with van der Waals surface area (Å²) in [5.74, 6) is 0.141. The van der Waals surface area contributed by atoms with Crippen LogP contribution in [-0.2, 0) is 17.7 Å². The summed E-state index contributed by atoms with van der Waals surface area (Å²) >= 11 is 0. The molecular formula is C26H31N3O2. The fourth-order valence-corrected chi connectivity index (χ4v) is 4.62. The fraction of sp³-hybridized carbons (Fsp3) is 0.385. The summed E-state index contributed by atoms with van der Waals surface area (Å²) in [4.78, 5) is 19.1. The maximum Gasteiger partial charge on any atom is 0.254 e. The Bertz CT molecular complexity index is 1030. The average Bonchev–Trinajstić information content (AvgIpc) is 3.40. The van der Waals surface area contributed by atoms with Crippen molar-refractivity contribution >= 4 is 17.7 Å². The average molecular weight is 418 g/mol. The predicted molar refractivity (Wildman–Crippen MR) is 125 cm³/mol. The molecule has 4 rings (SSSR count). The van der Waals surface area contributed by atoms with Gasteiger partial charge >= 0.3 is 0 Å². The monoisotopic (exact) mass is 417 g/mol. The van der Waals surface area contributed by atoms with Crippen LogP contribution in [0.25, 0.3) is 5.57 Å². The molecule has 1 amide bonds. The zero-order valence-corrected chi connectivity index (χ0v) is 18.6. The van der Waals surface area contributed by atoms with E-state index in [0.29, 0.717) is 13.1 Å². The number of amides is 1. The van der Waals surface area contributed by atoms with Crippen LogP contribution in [0.4, 0.5) is 0 Å². The van der Waals surface area contributed by atoms with Crippen LogP contribution in [0, 0.1) is 13.8 Å². The van der Waals surface area contributed by atoms with Crippen molar-refractivity contribution in [2.75, 3.05) is 20.2 Å². The second kappa shape index (κ2) is 9.06. The zero-order valence-electron chi connectivity index (χ0n) is 18.6. The van der Waals surface area contributed by atoms with Crippen LogP contribution in [0.3, 0.4) is 0 Å². The number of hydrogen-bond acceptors (Lipinski definition) is 4. The molecule has 2 N–H and O–H groups in total. The topological polar surface area (TPSA) is 67.9 Å². The summed E-state index contributed by atoms with van der Waals surface area (Å²) in [7, 11) is 1.74. The van der Waals surface area contributed by atoms with Crippen LogP contribution in [0.5, 0.6) is 0 Å². The number of fused-ring (bicyclic) bond motifs is 1. The van der Waals surface area contributed by atoms with E-state index in [9.17, 15) is 4.79 Å². The Balaban J connectivity index is 1.55. The lowest BCUT2D eigenvalue weighted by Gasteiger charge is -2.19. The van der Waals surface area contributed by atoms with Crippen molar-refractivity contribution in [1.82, 2.24) is 4.90 Å². The second-order valence-corrected chi connectivity index (χ2v) is 8.52. The number of rotatable bonds is 6. The first-order valence-electron chi connectivity index (χ1n) is 11.0. The van der Waals surface area contributed by atoms with E-state index in [-0.39, 0.29) is 12.0 Å². The van der Waals surface area contributed by atoms with Gasteiger partial charge in [0.1, 0.15) is 0 Å². The zero-order chi connectivity index (χ0) is 22.0. The van der Waals surface area contributed by atoms with E-state index in [1.807, 2.05) is 4.90 Å². The highest BCUT2D eigenvalue weighted by molar-refractivity contribution is 6.09. The summed E-state index contributed by atoms with van der Waals surface area (Å²) in [6.45, 7) is 6.52. The van der Waals surface area contributed by atoms with E-state index >= 15 is 0 Å². The number of ether oxygens (including phenoxy) is 1. The summed E-state index contributed by atoms with van der Waals surface area (Å²) in [6.07, 6.45) is 6.45. The highest BCUT2D eigenvalue weighted by Gasteiger charge is 2.32. The van der Waals surface area contributed by atoms with Gasteiger partial charge in [-0.3, -0.25) is 9.79 Å². The van der Waals surface area contributed by atoms with E-state index in [4.69, 9.17) is 10.5 Å². The third-order valence-electron chi connectivity index (χ3n) is 6.58. The van der Waals surface area contributed by atoms with Gasteiger partial charge in [0.15, 0.2) is 0 Å². The Labute approximate surface area is 184 Å². The van der Waals surface area contributed by atoms with Crippen molar-refractivity contribution in [3.05, 3.63) is 75.5 Å². The third kappa shape index (κ3) is 4.28. The Hall–Kier alpha value is -2.92. The summed E-state index contributed by atoms with van der Waals surface area (Å²) < 4.78 is 5.75. The quantitative estimate of drug-likeness (QED) is 0.722. The lowest BCUT2D eigenvalue weighted by Crippen LogP contribution is -2.32. The molecule has 0 saturated carbocycles. The van der Waals surface area contributed by atoms with E-state index in [2.05, 4.69) is 49.2 Å². The van der Waals surface area contributed by atoms with E-state index in [0.717, 1.165) is 42.6 Å². The number of aliphatic imine (C=N–C) groups is 1. The van der Waals surface area contributed by atoms with Gasteiger partial charge < -0.3 is 15.4 Å². The van der Waals surface area contributed by atoms with Crippen LogP contribution in [0.15, 0.2) is 41.5 Å². The van der Waals surface area contributed by atoms with E-state index in [1.54, 1.807) is 19.5 Å². The molecule has 1 unspecified atom stereocenters. The minimum absolute atomic E-state index is 0.141. The van der Waals surface area contributed by atoms with E-state index in [1.165, 1.54) is 27.8 Å². The molecule has 5 heteroatoms. The fourth-order valence-electron chi connectivity index (χ4n) is 4.62. The van der Waals surface area contributed by atoms with Crippen LogP contribution in [-0.4, -0.2) is 43.3 Å². The van der Waals surface area contributed by atoms with Gasteiger partial charge in [0, 0.05) is 50.3 Å². The number of hydrogen-bond donors (Lipinski definition) is 1. The number of nitrogens with zero attached hydrogens (tertiary/aromatic N) is 2. The molecule has 0 aliphatic carbocycles. The lowest BCUT2D eigenvalue weighted by molar-refractivity contribution is 0.0545. The summed E-state index contributed by atoms with van der Waals surface area (Å²) in [5, 5.41) is 0. The number of allylic oxidation sites excluding steroid dienone is 1. The largest absolute Gasteiger partial charge is 0.404 e. The van der Waals surface area contributed by atoms with Gasteiger partial charge in [0.25, 0.3) is 5.91 Å². The van der Waals surface area contributed by atoms with Crippen molar-refractivity contribution in [2.45, 2.75) is 45.8 Å². The molecule has 2 aliphatic rings. The van der Waals surface area contributed by atoms with Gasteiger partial charge in [-0.05, 0) is 72.6 Å². The molecule has 2 aliphatic heterocycles. The maximum absolute atomic E-state index is 13.1. The van der Waals surface area contributed by atoms with Gasteiger partial charge in [-0.15, -0.1) is 0 Å². The minimum Gasteiger partial charge on any atom is -0.404 e. The van der Waals surface area contributed by atoms with Crippen molar-refractivity contribution in [3.8, 4) is 0 Å². The Kier molecular flexibility index (Phi) is 6.23. The highest BCUT2D eigenvalue weighted by Crippen LogP contribution is 2.32. The summed E-state index contributed by atoms with van der Waals surface area (Å²) in [6, 6.07) is 10.5. The van der Waals surface area contributed by atoms with Gasteiger partial charge in [-0.25, -0.2) is 0 Å². The first-order chi connectivity index (χ1) is 15.0. The molecule has 2 heterocycles. The number of carbonyl (C=O) groups excluding carboxylic acids is 1. The number of nitrogens with two attached hydrogens (primary N) is 1. The molecule has 0 aromatic heterocycles. The van der Waals surface area contributed by atoms with E-state index < -0.39 is 0 Å². The van der Waals surface area contributed by atoms with Gasteiger partial charge in [-0.2, -0.15) is 0 Å². The first kappa shape index (κ1) is 21.3. The molecule has 2 aromatic carbocycles. The molecule has 1 atom stereocenters. The van der Waals surface area contributed by atoms with Crippen molar-refractivity contribution in [3.63, 3.8) is 0 Å². The molecule has 0 radical (unpaired) electrons. The maximum atomic E-state index is 13.1. The van der Waals surface area contributed by atoms with Crippen molar-refractivity contribution < 1.29 is 9.53 Å². The first-order valence-corrected chi connectivity index (χ1v) is 11.0. The molecule has 0 bridgehead atoms. The SMILES string of the molecule is CN=CC(=CN)c1ccc(Cc2cc3c(c(C)c2C)CN(CC2CCCO2)C3=O)cc1. The number of benzene rings is 2. The molecule has 1 fully saturated rings. The predicted octanol–water partition coefficient (Wildman–Crippen LogP) is 4.03. The standard InChI is InChI=1S/C26H31N3O2/c1-17-18(2)25-16-29(15-23-5-4-10-31-23)26(30)24(25)12-21(17)11-19-6-8-20(9-7-19)22(13-27)14-28-3/h6-9,12-14,23H,4-5,10-11,15-16,27H2,1-3H3. The molecule has 31 heavy (non-hydrogen) atoms. The normalized spacial score (nSPS) is 18.9. The molecule has 5 nitrogen and oxygen atoms in total. The number of carbonyl (C=O) groups is 1. The highest BCUT2D eigenvalue weighted by atomic mass is 16.5. The Morgan fingerprint density at radius 3 is 2.68 bits per heavy atom. The van der Waals surface area contributed by atoms with Crippen molar-refractivity contribution in [1.29, 1.82) is 0 Å². The Morgan fingerprint density at radius 2 is 2.03 bits per heavy atom. The van der Waals surface area contributed by atoms with Crippen LogP contribution >= 0.6 is 0 Å². The van der Waals surface area contributed by atoms with Crippen LogP contribution in [0.1, 0.15) is 56.6 Å². The molecule has 1 saturated heterocycles. The smallest absolute Gasteiger partial charge is 0.254 e. The van der Waals surface area contributed by atoms with Gasteiger partial charge in [0.05, 0.1) is 6.10 Å². The lowest BCUT2D eigenvalue weighted by atomic mass is 9.91. The molecular weight excluding hydrogens is 386 g/mol. The molecule has 162 valence electrons. The third-order valence-corrected chi connectivity index (χ3v) is 6.58. The Morgan fingerprint density at radius 1 is 1.26 bits per heavy atom. The summed E-state index contributed by atoms with van der Waals surface area (Å²) in [5.41, 5.74) is 14.6. The van der Waals surface area contributed by atoms with Crippen LogP contribution < -0.4 is 5.73 Å². The minimum atomic E-state index is 0.141.